The highest BCUT2D eigenvalue weighted by Crippen LogP contribution is 2.40. The summed E-state index contributed by atoms with van der Waals surface area (Å²) in [5.74, 6) is -1.79. The molecule has 0 fully saturated rings. The van der Waals surface area contributed by atoms with Gasteiger partial charge < -0.3 is 20.4 Å². The summed E-state index contributed by atoms with van der Waals surface area (Å²) in [5.41, 5.74) is 1.12. The minimum atomic E-state index is -0.370. The van der Waals surface area contributed by atoms with Crippen molar-refractivity contribution in [3.05, 3.63) is 60.2 Å². The molecule has 4 rings (SSSR count). The lowest BCUT2D eigenvalue weighted by Gasteiger charge is -2.07. The van der Waals surface area contributed by atoms with Gasteiger partial charge in [-0.25, -0.2) is 0 Å². The van der Waals surface area contributed by atoms with Gasteiger partial charge in [-0.2, -0.15) is 0 Å². The van der Waals surface area contributed by atoms with E-state index < -0.39 is 0 Å². The number of rotatable bonds is 1. The molecule has 1 aromatic heterocycles. The smallest absolute Gasteiger partial charge is 0.262 e. The van der Waals surface area contributed by atoms with E-state index in [2.05, 4.69) is 0 Å². The zero-order valence-corrected chi connectivity index (χ0v) is 12.8. The maximum Gasteiger partial charge on any atom is 0.262 e. The number of fused-ring (bicyclic) bond motifs is 3. The molecule has 25 heavy (non-hydrogen) atoms. The van der Waals surface area contributed by atoms with Crippen molar-refractivity contribution >= 4 is 27.7 Å². The summed E-state index contributed by atoms with van der Waals surface area (Å²) in [5, 5.41) is 40.3. The van der Waals surface area contributed by atoms with Crippen molar-refractivity contribution in [2.45, 2.75) is 0 Å². The third-order valence-corrected chi connectivity index (χ3v) is 4.18. The molecule has 0 unspecified atom stereocenters. The molecule has 0 aliphatic carbocycles. The second kappa shape index (κ2) is 5.17. The molecule has 0 atom stereocenters. The van der Waals surface area contributed by atoms with Crippen LogP contribution in [0.3, 0.4) is 0 Å². The van der Waals surface area contributed by atoms with Crippen LogP contribution in [-0.4, -0.2) is 30.9 Å². The molecule has 0 saturated carbocycles. The Balaban J connectivity index is 2.15. The van der Waals surface area contributed by atoms with E-state index in [1.165, 1.54) is 28.8 Å². The fourth-order valence-electron chi connectivity index (χ4n) is 2.99. The van der Waals surface area contributed by atoms with Gasteiger partial charge in [-0.1, -0.05) is 18.2 Å². The van der Waals surface area contributed by atoms with Gasteiger partial charge in [-0.15, -0.1) is 0 Å². The van der Waals surface area contributed by atoms with Gasteiger partial charge in [0.2, 0.25) is 0 Å². The Morgan fingerprint density at radius 2 is 1.12 bits per heavy atom. The predicted octanol–water partition coefficient (Wildman–Crippen LogP) is 3.31. The van der Waals surface area contributed by atoms with E-state index in [9.17, 15) is 25.2 Å². The summed E-state index contributed by atoms with van der Waals surface area (Å²) in [4.78, 5) is 13.0. The van der Waals surface area contributed by atoms with Crippen LogP contribution >= 0.6 is 0 Å². The van der Waals surface area contributed by atoms with E-state index in [-0.39, 0.29) is 28.9 Å². The van der Waals surface area contributed by atoms with Gasteiger partial charge in [-0.3, -0.25) is 9.36 Å². The van der Waals surface area contributed by atoms with Gasteiger partial charge in [0.05, 0.1) is 11.0 Å². The molecular weight excluding hydrogens is 322 g/mol. The maximum atomic E-state index is 13.0. The predicted molar refractivity (Wildman–Crippen MR) is 92.3 cm³/mol. The number of benzene rings is 3. The maximum absolute atomic E-state index is 13.0. The number of carbonyl (C=O) groups is 1. The summed E-state index contributed by atoms with van der Waals surface area (Å²) >= 11 is 0. The first kappa shape index (κ1) is 14.9. The van der Waals surface area contributed by atoms with Gasteiger partial charge >= 0.3 is 0 Å². The lowest BCUT2D eigenvalue weighted by molar-refractivity contribution is 0.0969. The first-order valence-electron chi connectivity index (χ1n) is 7.49. The molecule has 124 valence electrons. The minimum absolute atomic E-state index is 0.341. The monoisotopic (exact) mass is 335 g/mol. The standard InChI is InChI=1S/C19H13NO5/c21-15-6-11-12-7-16(22)18(24)9-14(12)20(13(11)8-17(15)23)19(25)10-4-2-1-3-5-10/h1-9,21-24H. The summed E-state index contributed by atoms with van der Waals surface area (Å²) < 4.78 is 1.33. The highest BCUT2D eigenvalue weighted by Gasteiger charge is 2.20. The first-order valence-corrected chi connectivity index (χ1v) is 7.49. The van der Waals surface area contributed by atoms with Gasteiger partial charge in [0.1, 0.15) is 0 Å². The van der Waals surface area contributed by atoms with Crippen molar-refractivity contribution in [3.8, 4) is 23.0 Å². The number of nitrogens with zero attached hydrogens (tertiary/aromatic N) is 1. The Labute approximate surface area is 141 Å². The van der Waals surface area contributed by atoms with Crippen molar-refractivity contribution in [2.24, 2.45) is 0 Å². The van der Waals surface area contributed by atoms with Crippen LogP contribution in [0.15, 0.2) is 54.6 Å². The summed E-state index contributed by atoms with van der Waals surface area (Å²) in [6.07, 6.45) is 0. The van der Waals surface area contributed by atoms with Crippen LogP contribution in [0.2, 0.25) is 0 Å². The van der Waals surface area contributed by atoms with Crippen molar-refractivity contribution in [1.29, 1.82) is 0 Å². The highest BCUT2D eigenvalue weighted by molar-refractivity contribution is 6.17. The number of phenolic OH excluding ortho intramolecular Hbond substituents is 4. The third-order valence-electron chi connectivity index (χ3n) is 4.18. The van der Waals surface area contributed by atoms with E-state index >= 15 is 0 Å². The molecule has 6 heteroatoms. The molecule has 0 aliphatic rings. The number of aromatic hydroxyl groups is 4. The first-order chi connectivity index (χ1) is 12.0. The largest absolute Gasteiger partial charge is 0.504 e. The molecular formula is C19H13NO5. The number of aromatic nitrogens is 1. The molecule has 0 bridgehead atoms. The Kier molecular flexibility index (Phi) is 3.08. The van der Waals surface area contributed by atoms with Crippen LogP contribution in [-0.2, 0) is 0 Å². The molecule has 0 saturated heterocycles. The lowest BCUT2D eigenvalue weighted by atomic mass is 10.1. The zero-order valence-electron chi connectivity index (χ0n) is 12.8. The van der Waals surface area contributed by atoms with Crippen molar-refractivity contribution < 1.29 is 25.2 Å². The SMILES string of the molecule is O=C(c1ccccc1)n1c2cc(O)c(O)cc2c2cc(O)c(O)cc21. The summed E-state index contributed by atoms with van der Waals surface area (Å²) in [7, 11) is 0. The van der Waals surface area contributed by atoms with Crippen molar-refractivity contribution in [1.82, 2.24) is 4.57 Å². The molecule has 0 aliphatic heterocycles. The Morgan fingerprint density at radius 3 is 1.60 bits per heavy atom. The van der Waals surface area contributed by atoms with E-state index in [0.717, 1.165) is 0 Å². The highest BCUT2D eigenvalue weighted by atomic mass is 16.3. The topological polar surface area (TPSA) is 103 Å². The normalized spacial score (nSPS) is 11.2. The molecule has 1 heterocycles. The van der Waals surface area contributed by atoms with Crippen LogP contribution in [0.1, 0.15) is 10.4 Å². The molecule has 0 amide bonds. The molecule has 3 aromatic carbocycles. The number of phenols is 4. The average Bonchev–Trinajstić information content (AvgIpc) is 2.88. The van der Waals surface area contributed by atoms with Crippen LogP contribution in [0.25, 0.3) is 21.8 Å². The second-order valence-electron chi connectivity index (χ2n) is 5.72. The Hall–Kier alpha value is -3.67. The third kappa shape index (κ3) is 2.15. The average molecular weight is 335 g/mol. The van der Waals surface area contributed by atoms with Gasteiger partial charge in [0.15, 0.2) is 23.0 Å². The quantitative estimate of drug-likeness (QED) is 0.400. The summed E-state index contributed by atoms with van der Waals surface area (Å²) in [6.45, 7) is 0. The van der Waals surface area contributed by atoms with E-state index in [0.29, 0.717) is 27.4 Å². The molecule has 0 radical (unpaired) electrons. The fourth-order valence-corrected chi connectivity index (χ4v) is 2.99. The van der Waals surface area contributed by atoms with Crippen molar-refractivity contribution in [2.75, 3.05) is 0 Å². The fraction of sp³-hybridized carbons (Fsp3) is 0. The van der Waals surface area contributed by atoms with E-state index in [1.54, 1.807) is 30.3 Å². The number of hydrogen-bond acceptors (Lipinski definition) is 5. The van der Waals surface area contributed by atoms with Gasteiger partial charge in [-0.05, 0) is 24.3 Å². The van der Waals surface area contributed by atoms with Crippen LogP contribution in [0, 0.1) is 0 Å². The lowest BCUT2D eigenvalue weighted by Crippen LogP contribution is -2.11. The Morgan fingerprint density at radius 1 is 0.680 bits per heavy atom. The number of hydrogen-bond donors (Lipinski definition) is 4. The Bertz CT molecular complexity index is 1080. The van der Waals surface area contributed by atoms with Gasteiger partial charge in [0, 0.05) is 28.5 Å². The van der Waals surface area contributed by atoms with Crippen molar-refractivity contribution in [3.63, 3.8) is 0 Å². The van der Waals surface area contributed by atoms with Crippen LogP contribution in [0.5, 0.6) is 23.0 Å². The zero-order chi connectivity index (χ0) is 17.7. The van der Waals surface area contributed by atoms with Gasteiger partial charge in [0.25, 0.3) is 5.91 Å². The molecule has 4 N–H and O–H groups in total. The van der Waals surface area contributed by atoms with E-state index in [1.807, 2.05) is 0 Å². The number of carbonyl (C=O) groups excluding carboxylic acids is 1. The minimum Gasteiger partial charge on any atom is -0.504 e. The van der Waals surface area contributed by atoms with Crippen LogP contribution in [0.4, 0.5) is 0 Å². The second-order valence-corrected chi connectivity index (χ2v) is 5.72. The molecule has 0 spiro atoms. The molecule has 4 aromatic rings. The summed E-state index contributed by atoms with van der Waals surface area (Å²) in [6, 6.07) is 13.7. The van der Waals surface area contributed by atoms with E-state index in [4.69, 9.17) is 0 Å². The molecule has 6 nitrogen and oxygen atoms in total. The van der Waals surface area contributed by atoms with Crippen LogP contribution < -0.4 is 0 Å².